The van der Waals surface area contributed by atoms with Crippen molar-refractivity contribution in [1.29, 1.82) is 0 Å². The monoisotopic (exact) mass is 252 g/mol. The first-order valence-corrected chi connectivity index (χ1v) is 6.09. The van der Waals surface area contributed by atoms with E-state index in [1.807, 2.05) is 20.8 Å². The summed E-state index contributed by atoms with van der Waals surface area (Å²) in [4.78, 5) is 11.7. The van der Waals surface area contributed by atoms with E-state index in [0.717, 1.165) is 5.56 Å². The van der Waals surface area contributed by atoms with Gasteiger partial charge in [0.05, 0.1) is 5.69 Å². The van der Waals surface area contributed by atoms with Crippen LogP contribution >= 0.6 is 0 Å². The molecule has 0 aliphatic heterocycles. The fourth-order valence-corrected chi connectivity index (χ4v) is 1.54. The Bertz CT molecular complexity index is 404. The van der Waals surface area contributed by atoms with Gasteiger partial charge >= 0.3 is 0 Å². The molecule has 0 saturated heterocycles. The van der Waals surface area contributed by atoms with Crippen molar-refractivity contribution in [3.8, 4) is 0 Å². The number of carbonyl (C=O) groups is 1. The maximum atomic E-state index is 13.5. The van der Waals surface area contributed by atoms with Gasteiger partial charge in [-0.3, -0.25) is 4.79 Å². The Kier molecular flexibility index (Phi) is 4.84. The molecular weight excluding hydrogens is 231 g/mol. The fourth-order valence-electron chi connectivity index (χ4n) is 1.54. The molecule has 0 aliphatic rings. The maximum Gasteiger partial charge on any atom is 0.225 e. The van der Waals surface area contributed by atoms with E-state index >= 15 is 0 Å². The van der Waals surface area contributed by atoms with Gasteiger partial charge in [0.2, 0.25) is 5.91 Å². The van der Waals surface area contributed by atoms with E-state index < -0.39 is 5.82 Å². The fraction of sp³-hybridized carbons (Fsp3) is 0.500. The molecule has 0 aliphatic carbocycles. The third-order valence-corrected chi connectivity index (χ3v) is 2.49. The molecule has 1 amide bonds. The van der Waals surface area contributed by atoms with Gasteiger partial charge in [0.25, 0.3) is 0 Å². The zero-order chi connectivity index (χ0) is 13.8. The minimum atomic E-state index is -0.396. The van der Waals surface area contributed by atoms with Gasteiger partial charge in [0.15, 0.2) is 0 Å². The zero-order valence-corrected chi connectivity index (χ0v) is 11.4. The van der Waals surface area contributed by atoms with Crippen molar-refractivity contribution in [2.75, 3.05) is 11.9 Å². The molecule has 1 aromatic carbocycles. The second-order valence-electron chi connectivity index (χ2n) is 5.41. The first kappa shape index (κ1) is 14.6. The van der Waals surface area contributed by atoms with Crippen LogP contribution < -0.4 is 10.6 Å². The summed E-state index contributed by atoms with van der Waals surface area (Å²) in [6.45, 7) is 8.44. The highest BCUT2D eigenvalue weighted by molar-refractivity contribution is 5.91. The van der Waals surface area contributed by atoms with E-state index in [1.165, 1.54) is 6.07 Å². The van der Waals surface area contributed by atoms with Crippen molar-refractivity contribution < 1.29 is 9.18 Å². The standard InChI is InChI=1S/C14H21FN2O/c1-10-6-5-7-11(15)13(10)17-12(18)8-9-16-14(2,3)4/h5-7,16H,8-9H2,1-4H3,(H,17,18). The summed E-state index contributed by atoms with van der Waals surface area (Å²) in [6.07, 6.45) is 0.324. The van der Waals surface area contributed by atoms with Crippen molar-refractivity contribution in [2.24, 2.45) is 0 Å². The average Bonchev–Trinajstić information content (AvgIpc) is 2.22. The summed E-state index contributed by atoms with van der Waals surface area (Å²) >= 11 is 0. The van der Waals surface area contributed by atoms with Crippen molar-refractivity contribution in [2.45, 2.75) is 39.7 Å². The number of amides is 1. The molecule has 18 heavy (non-hydrogen) atoms. The van der Waals surface area contributed by atoms with E-state index in [0.29, 0.717) is 13.0 Å². The van der Waals surface area contributed by atoms with Crippen LogP contribution in [0.1, 0.15) is 32.8 Å². The summed E-state index contributed by atoms with van der Waals surface area (Å²) in [5.74, 6) is -0.577. The molecule has 100 valence electrons. The summed E-state index contributed by atoms with van der Waals surface area (Å²) in [5.41, 5.74) is 0.985. The van der Waals surface area contributed by atoms with Crippen molar-refractivity contribution in [1.82, 2.24) is 5.32 Å². The number of para-hydroxylation sites is 1. The molecule has 0 fully saturated rings. The molecule has 1 rings (SSSR count). The van der Waals surface area contributed by atoms with E-state index in [1.54, 1.807) is 19.1 Å². The van der Waals surface area contributed by atoms with Crippen LogP contribution in [-0.4, -0.2) is 18.0 Å². The van der Waals surface area contributed by atoms with Gasteiger partial charge in [-0.2, -0.15) is 0 Å². The highest BCUT2D eigenvalue weighted by atomic mass is 19.1. The molecule has 0 unspecified atom stereocenters. The molecular formula is C14H21FN2O. The summed E-state index contributed by atoms with van der Waals surface area (Å²) in [6, 6.07) is 4.74. The summed E-state index contributed by atoms with van der Waals surface area (Å²) in [7, 11) is 0. The van der Waals surface area contributed by atoms with Gasteiger partial charge in [-0.1, -0.05) is 12.1 Å². The number of carbonyl (C=O) groups excluding carboxylic acids is 1. The van der Waals surface area contributed by atoms with Gasteiger partial charge in [-0.25, -0.2) is 4.39 Å². The lowest BCUT2D eigenvalue weighted by molar-refractivity contribution is -0.116. The topological polar surface area (TPSA) is 41.1 Å². The molecule has 0 radical (unpaired) electrons. The van der Waals surface area contributed by atoms with Crippen molar-refractivity contribution in [3.05, 3.63) is 29.6 Å². The molecule has 0 atom stereocenters. The lowest BCUT2D eigenvalue weighted by Crippen LogP contribution is -2.37. The number of benzene rings is 1. The van der Waals surface area contributed by atoms with Crippen LogP contribution in [0.3, 0.4) is 0 Å². The molecule has 2 N–H and O–H groups in total. The molecule has 3 nitrogen and oxygen atoms in total. The van der Waals surface area contributed by atoms with Crippen molar-refractivity contribution >= 4 is 11.6 Å². The first-order valence-electron chi connectivity index (χ1n) is 6.09. The maximum absolute atomic E-state index is 13.5. The second-order valence-corrected chi connectivity index (χ2v) is 5.41. The van der Waals surface area contributed by atoms with Crippen LogP contribution in [0.4, 0.5) is 10.1 Å². The van der Waals surface area contributed by atoms with Crippen LogP contribution in [0.5, 0.6) is 0 Å². The predicted octanol–water partition coefficient (Wildman–Crippen LogP) is 2.85. The Hall–Kier alpha value is -1.42. The molecule has 0 bridgehead atoms. The number of rotatable bonds is 4. The molecule has 1 aromatic rings. The van der Waals surface area contributed by atoms with E-state index in [4.69, 9.17) is 0 Å². The SMILES string of the molecule is Cc1cccc(F)c1NC(=O)CCNC(C)(C)C. The average molecular weight is 252 g/mol. The minimum absolute atomic E-state index is 0.0196. The second kappa shape index (κ2) is 5.96. The molecule has 0 spiro atoms. The highest BCUT2D eigenvalue weighted by Gasteiger charge is 2.11. The Morgan fingerprint density at radius 3 is 2.56 bits per heavy atom. The van der Waals surface area contributed by atoms with Crippen LogP contribution in [0, 0.1) is 12.7 Å². The number of halogens is 1. The predicted molar refractivity (Wildman–Crippen MR) is 72.1 cm³/mol. The van der Waals surface area contributed by atoms with E-state index in [2.05, 4.69) is 10.6 Å². The van der Waals surface area contributed by atoms with Gasteiger partial charge in [-0.05, 0) is 39.3 Å². The zero-order valence-electron chi connectivity index (χ0n) is 11.4. The Labute approximate surface area is 108 Å². The number of nitrogens with one attached hydrogen (secondary N) is 2. The Morgan fingerprint density at radius 1 is 1.33 bits per heavy atom. The van der Waals surface area contributed by atoms with Gasteiger partial charge in [0.1, 0.15) is 5.82 Å². The molecule has 0 saturated carbocycles. The Balaban J connectivity index is 2.50. The molecule has 0 heterocycles. The number of anilines is 1. The quantitative estimate of drug-likeness (QED) is 0.865. The third kappa shape index (κ3) is 4.84. The minimum Gasteiger partial charge on any atom is -0.323 e. The lowest BCUT2D eigenvalue weighted by atomic mass is 10.1. The first-order chi connectivity index (χ1) is 8.29. The molecule has 0 aromatic heterocycles. The number of hydrogen-bond acceptors (Lipinski definition) is 2. The lowest BCUT2D eigenvalue weighted by Gasteiger charge is -2.20. The van der Waals surface area contributed by atoms with Crippen LogP contribution in [0.2, 0.25) is 0 Å². The number of aryl methyl sites for hydroxylation is 1. The van der Waals surface area contributed by atoms with Gasteiger partial charge in [-0.15, -0.1) is 0 Å². The van der Waals surface area contributed by atoms with Gasteiger partial charge < -0.3 is 10.6 Å². The van der Waals surface area contributed by atoms with Crippen LogP contribution in [0.25, 0.3) is 0 Å². The highest BCUT2D eigenvalue weighted by Crippen LogP contribution is 2.18. The third-order valence-electron chi connectivity index (χ3n) is 2.49. The van der Waals surface area contributed by atoms with Crippen LogP contribution in [-0.2, 0) is 4.79 Å². The normalized spacial score (nSPS) is 11.4. The molecule has 4 heteroatoms. The van der Waals surface area contributed by atoms with Gasteiger partial charge in [0, 0.05) is 18.5 Å². The van der Waals surface area contributed by atoms with Crippen molar-refractivity contribution in [3.63, 3.8) is 0 Å². The number of hydrogen-bond donors (Lipinski definition) is 2. The van der Waals surface area contributed by atoms with E-state index in [-0.39, 0.29) is 17.1 Å². The largest absolute Gasteiger partial charge is 0.323 e. The van der Waals surface area contributed by atoms with Crippen LogP contribution in [0.15, 0.2) is 18.2 Å². The summed E-state index contributed by atoms with van der Waals surface area (Å²) in [5, 5.41) is 5.82. The Morgan fingerprint density at radius 2 is 2.00 bits per heavy atom. The smallest absolute Gasteiger partial charge is 0.225 e. The van der Waals surface area contributed by atoms with E-state index in [9.17, 15) is 9.18 Å². The summed E-state index contributed by atoms with van der Waals surface area (Å²) < 4.78 is 13.5.